The Bertz CT molecular complexity index is 496. The summed E-state index contributed by atoms with van der Waals surface area (Å²) in [6.07, 6.45) is 2.20. The van der Waals surface area contributed by atoms with E-state index in [0.717, 1.165) is 49.0 Å². The molecule has 1 atom stereocenters. The first-order valence-electron chi connectivity index (χ1n) is 7.79. The molecular weight excluding hydrogens is 264 g/mol. The van der Waals surface area contributed by atoms with Gasteiger partial charge in [0.05, 0.1) is 0 Å². The van der Waals surface area contributed by atoms with E-state index >= 15 is 0 Å². The quantitative estimate of drug-likeness (QED) is 0.895. The van der Waals surface area contributed by atoms with Gasteiger partial charge in [-0.05, 0) is 25.7 Å². The van der Waals surface area contributed by atoms with Crippen molar-refractivity contribution in [2.24, 2.45) is 5.92 Å². The molecule has 1 aromatic rings. The highest BCUT2D eigenvalue weighted by Gasteiger charge is 2.26. The van der Waals surface area contributed by atoms with E-state index < -0.39 is 0 Å². The third-order valence-electron chi connectivity index (χ3n) is 4.10. The van der Waals surface area contributed by atoms with Gasteiger partial charge in [0.1, 0.15) is 17.5 Å². The van der Waals surface area contributed by atoms with Gasteiger partial charge in [-0.1, -0.05) is 20.8 Å². The average molecular weight is 292 g/mol. The summed E-state index contributed by atoms with van der Waals surface area (Å²) in [5, 5.41) is 12.6. The molecule has 1 unspecified atom stereocenters. The second kappa shape index (κ2) is 6.18. The molecule has 1 aliphatic heterocycles. The van der Waals surface area contributed by atoms with Crippen molar-refractivity contribution in [3.8, 4) is 0 Å². The summed E-state index contributed by atoms with van der Waals surface area (Å²) in [7, 11) is 1.90. The van der Waals surface area contributed by atoms with Crippen LogP contribution in [0, 0.1) is 12.8 Å². The number of anilines is 2. The highest BCUT2D eigenvalue weighted by atomic mass is 16.3. The Morgan fingerprint density at radius 3 is 2.62 bits per heavy atom. The Morgan fingerprint density at radius 2 is 2.05 bits per heavy atom. The van der Waals surface area contributed by atoms with Gasteiger partial charge in [-0.25, -0.2) is 9.97 Å². The number of aliphatic hydroxyl groups is 1. The van der Waals surface area contributed by atoms with Crippen LogP contribution in [-0.4, -0.2) is 41.8 Å². The second-order valence-electron chi connectivity index (χ2n) is 6.98. The van der Waals surface area contributed by atoms with Gasteiger partial charge in [0, 0.05) is 37.7 Å². The van der Waals surface area contributed by atoms with Crippen LogP contribution in [0.3, 0.4) is 0 Å². The van der Waals surface area contributed by atoms with E-state index in [2.05, 4.69) is 42.9 Å². The minimum absolute atomic E-state index is 0.0831. The van der Waals surface area contributed by atoms with Gasteiger partial charge in [-0.3, -0.25) is 0 Å². The second-order valence-corrected chi connectivity index (χ2v) is 6.98. The first-order chi connectivity index (χ1) is 9.86. The van der Waals surface area contributed by atoms with Crippen LogP contribution >= 0.6 is 0 Å². The van der Waals surface area contributed by atoms with E-state index in [4.69, 9.17) is 4.98 Å². The first kappa shape index (κ1) is 16.0. The lowest BCUT2D eigenvalue weighted by molar-refractivity contribution is 0.208. The van der Waals surface area contributed by atoms with Crippen LogP contribution in [0.1, 0.15) is 45.0 Å². The number of rotatable bonds is 3. The largest absolute Gasteiger partial charge is 0.396 e. The van der Waals surface area contributed by atoms with Gasteiger partial charge < -0.3 is 15.3 Å². The van der Waals surface area contributed by atoms with Crippen molar-refractivity contribution in [3.63, 3.8) is 0 Å². The molecule has 118 valence electrons. The van der Waals surface area contributed by atoms with Crippen molar-refractivity contribution in [1.82, 2.24) is 9.97 Å². The molecule has 1 aliphatic rings. The van der Waals surface area contributed by atoms with Crippen molar-refractivity contribution in [1.29, 1.82) is 0 Å². The highest BCUT2D eigenvalue weighted by Crippen LogP contribution is 2.30. The Labute approximate surface area is 127 Å². The number of nitrogens with one attached hydrogen (secondary N) is 1. The predicted octanol–water partition coefficient (Wildman–Crippen LogP) is 2.33. The van der Waals surface area contributed by atoms with Crippen LogP contribution in [0.5, 0.6) is 0 Å². The smallest absolute Gasteiger partial charge is 0.138 e. The summed E-state index contributed by atoms with van der Waals surface area (Å²) in [5.41, 5.74) is 1.00. The molecule has 5 heteroatoms. The predicted molar refractivity (Wildman–Crippen MR) is 87.0 cm³/mol. The van der Waals surface area contributed by atoms with E-state index in [-0.39, 0.29) is 12.0 Å². The van der Waals surface area contributed by atoms with Gasteiger partial charge in [-0.15, -0.1) is 0 Å². The normalized spacial score (nSPS) is 19.7. The molecule has 1 saturated heterocycles. The zero-order valence-corrected chi connectivity index (χ0v) is 13.9. The standard InChI is InChI=1S/C16H28N4O/c1-11-13(17-5)18-15(16(2,3)4)19-14(11)20-8-6-7-12(9-20)10-21/h12,21H,6-10H2,1-5H3,(H,17,18,19). The fourth-order valence-electron chi connectivity index (χ4n) is 2.80. The Morgan fingerprint density at radius 1 is 1.33 bits per heavy atom. The minimum atomic E-state index is -0.0831. The first-order valence-corrected chi connectivity index (χ1v) is 7.79. The molecular formula is C16H28N4O. The summed E-state index contributed by atoms with van der Waals surface area (Å²) in [5.74, 6) is 3.12. The number of aromatic nitrogens is 2. The van der Waals surface area contributed by atoms with Crippen molar-refractivity contribution in [2.45, 2.75) is 46.0 Å². The van der Waals surface area contributed by atoms with E-state index in [1.54, 1.807) is 0 Å². The third-order valence-corrected chi connectivity index (χ3v) is 4.10. The van der Waals surface area contributed by atoms with E-state index in [9.17, 15) is 5.11 Å². The highest BCUT2D eigenvalue weighted by molar-refractivity contribution is 5.59. The fourth-order valence-corrected chi connectivity index (χ4v) is 2.80. The molecule has 0 radical (unpaired) electrons. The number of hydrogen-bond donors (Lipinski definition) is 2. The average Bonchev–Trinajstić information content (AvgIpc) is 2.46. The van der Waals surface area contributed by atoms with Gasteiger partial charge in [0.15, 0.2) is 0 Å². The number of aliphatic hydroxyl groups excluding tert-OH is 1. The van der Waals surface area contributed by atoms with Crippen LogP contribution in [0.25, 0.3) is 0 Å². The van der Waals surface area contributed by atoms with Gasteiger partial charge >= 0.3 is 0 Å². The van der Waals surface area contributed by atoms with Crippen molar-refractivity contribution in [3.05, 3.63) is 11.4 Å². The van der Waals surface area contributed by atoms with E-state index in [1.165, 1.54) is 0 Å². The molecule has 0 amide bonds. The van der Waals surface area contributed by atoms with Crippen LogP contribution < -0.4 is 10.2 Å². The Hall–Kier alpha value is -1.36. The topological polar surface area (TPSA) is 61.3 Å². The van der Waals surface area contributed by atoms with E-state index in [0.29, 0.717) is 5.92 Å². The van der Waals surface area contributed by atoms with Gasteiger partial charge in [0.2, 0.25) is 0 Å². The van der Waals surface area contributed by atoms with Gasteiger partial charge in [0.25, 0.3) is 0 Å². The zero-order chi connectivity index (χ0) is 15.6. The molecule has 0 saturated carbocycles. The van der Waals surface area contributed by atoms with Crippen LogP contribution in [0.2, 0.25) is 0 Å². The molecule has 0 aliphatic carbocycles. The van der Waals surface area contributed by atoms with Crippen LogP contribution in [0.4, 0.5) is 11.6 Å². The molecule has 1 fully saturated rings. The SMILES string of the molecule is CNc1nc(C(C)(C)C)nc(N2CCCC(CO)C2)c1C. The summed E-state index contributed by atoms with van der Waals surface area (Å²) < 4.78 is 0. The summed E-state index contributed by atoms with van der Waals surface area (Å²) >= 11 is 0. The number of nitrogens with zero attached hydrogens (tertiary/aromatic N) is 3. The van der Waals surface area contributed by atoms with Crippen molar-refractivity contribution >= 4 is 11.6 Å². The maximum Gasteiger partial charge on any atom is 0.138 e. The van der Waals surface area contributed by atoms with E-state index in [1.807, 2.05) is 7.05 Å². The molecule has 0 bridgehead atoms. The fraction of sp³-hybridized carbons (Fsp3) is 0.750. The molecule has 0 aromatic carbocycles. The number of piperidine rings is 1. The van der Waals surface area contributed by atoms with Crippen LogP contribution in [0.15, 0.2) is 0 Å². The van der Waals surface area contributed by atoms with Gasteiger partial charge in [-0.2, -0.15) is 0 Å². The molecule has 2 heterocycles. The molecule has 5 nitrogen and oxygen atoms in total. The molecule has 1 aromatic heterocycles. The summed E-state index contributed by atoms with van der Waals surface area (Å²) in [6, 6.07) is 0. The maximum atomic E-state index is 9.44. The zero-order valence-electron chi connectivity index (χ0n) is 13.9. The summed E-state index contributed by atoms with van der Waals surface area (Å²) in [6.45, 7) is 10.6. The molecule has 0 spiro atoms. The third kappa shape index (κ3) is 3.46. The van der Waals surface area contributed by atoms with Crippen molar-refractivity contribution in [2.75, 3.05) is 37.0 Å². The molecule has 21 heavy (non-hydrogen) atoms. The minimum Gasteiger partial charge on any atom is -0.396 e. The lowest BCUT2D eigenvalue weighted by Gasteiger charge is -2.34. The molecule has 2 N–H and O–H groups in total. The Kier molecular flexibility index (Phi) is 4.71. The maximum absolute atomic E-state index is 9.44. The summed E-state index contributed by atoms with van der Waals surface area (Å²) in [4.78, 5) is 11.8. The lowest BCUT2D eigenvalue weighted by Crippen LogP contribution is -2.38. The monoisotopic (exact) mass is 292 g/mol. The van der Waals surface area contributed by atoms with Crippen LogP contribution in [-0.2, 0) is 5.41 Å². The Balaban J connectivity index is 2.41. The molecule has 2 rings (SSSR count). The van der Waals surface area contributed by atoms with Crippen molar-refractivity contribution < 1.29 is 5.11 Å². The lowest BCUT2D eigenvalue weighted by atomic mass is 9.95. The number of hydrogen-bond acceptors (Lipinski definition) is 5.